The fourth-order valence-corrected chi connectivity index (χ4v) is 2.74. The monoisotopic (exact) mass is 388 g/mol. The zero-order valence-corrected chi connectivity index (χ0v) is 14.1. The third kappa shape index (κ3) is 3.44. The molecule has 0 spiro atoms. The van der Waals surface area contributed by atoms with Crippen molar-refractivity contribution in [1.29, 1.82) is 0 Å². The zero-order chi connectivity index (χ0) is 16.4. The molecule has 0 bridgehead atoms. The minimum Gasteiger partial charge on any atom is -0.422 e. The second-order valence-corrected chi connectivity index (χ2v) is 6.18. The molecular formula is C18H10BrClO3. The number of ketones is 1. The smallest absolute Gasteiger partial charge is 0.347 e. The topological polar surface area (TPSA) is 47.3 Å². The zero-order valence-electron chi connectivity index (χ0n) is 11.8. The van der Waals surface area contributed by atoms with Gasteiger partial charge in [-0.3, -0.25) is 4.79 Å². The largest absolute Gasteiger partial charge is 0.422 e. The number of carbonyl (C=O) groups excluding carboxylic acids is 1. The van der Waals surface area contributed by atoms with Crippen molar-refractivity contribution >= 4 is 49.3 Å². The van der Waals surface area contributed by atoms with Crippen molar-refractivity contribution in [2.75, 3.05) is 0 Å². The van der Waals surface area contributed by atoms with Crippen LogP contribution in [0.15, 0.2) is 74.4 Å². The summed E-state index contributed by atoms with van der Waals surface area (Å²) in [5.74, 6) is -0.491. The van der Waals surface area contributed by atoms with Crippen LogP contribution in [0.3, 0.4) is 0 Å². The summed E-state index contributed by atoms with van der Waals surface area (Å²) in [7, 11) is 0. The van der Waals surface area contributed by atoms with Crippen molar-refractivity contribution in [3.8, 4) is 0 Å². The lowest BCUT2D eigenvalue weighted by molar-refractivity contribution is 0.104. The lowest BCUT2D eigenvalue weighted by atomic mass is 10.1. The average molecular weight is 390 g/mol. The first-order valence-electron chi connectivity index (χ1n) is 6.75. The molecule has 3 nitrogen and oxygen atoms in total. The van der Waals surface area contributed by atoms with Gasteiger partial charge < -0.3 is 4.42 Å². The van der Waals surface area contributed by atoms with Crippen LogP contribution < -0.4 is 5.63 Å². The highest BCUT2D eigenvalue weighted by Gasteiger charge is 2.13. The van der Waals surface area contributed by atoms with Crippen LogP contribution in [-0.2, 0) is 0 Å². The van der Waals surface area contributed by atoms with Crippen molar-refractivity contribution < 1.29 is 9.21 Å². The molecule has 0 N–H and O–H groups in total. The summed E-state index contributed by atoms with van der Waals surface area (Å²) in [6, 6.07) is 15.8. The Hall–Kier alpha value is -2.17. The van der Waals surface area contributed by atoms with Crippen molar-refractivity contribution in [2.45, 2.75) is 0 Å². The van der Waals surface area contributed by atoms with Crippen molar-refractivity contribution in [3.63, 3.8) is 0 Å². The summed E-state index contributed by atoms with van der Waals surface area (Å²) >= 11 is 9.49. The quantitative estimate of drug-likeness (QED) is 0.359. The highest BCUT2D eigenvalue weighted by atomic mass is 79.9. The summed E-state index contributed by atoms with van der Waals surface area (Å²) in [5, 5.41) is 0.927. The Morgan fingerprint density at radius 1 is 1.09 bits per heavy atom. The number of benzene rings is 2. The number of carbonyl (C=O) groups is 1. The third-order valence-electron chi connectivity index (χ3n) is 3.27. The second kappa shape index (κ2) is 6.52. The molecule has 3 rings (SSSR count). The Morgan fingerprint density at radius 3 is 2.57 bits per heavy atom. The van der Waals surface area contributed by atoms with Gasteiger partial charge in [-0.15, -0.1) is 0 Å². The number of hydrogen-bond donors (Lipinski definition) is 0. The number of hydrogen-bond acceptors (Lipinski definition) is 3. The lowest BCUT2D eigenvalue weighted by Gasteiger charge is -2.01. The molecule has 0 aliphatic heterocycles. The van der Waals surface area contributed by atoms with Crippen LogP contribution in [0.2, 0.25) is 0 Å². The Kier molecular flexibility index (Phi) is 4.46. The maximum absolute atomic E-state index is 12.3. The van der Waals surface area contributed by atoms with E-state index in [4.69, 9.17) is 16.0 Å². The normalized spacial score (nSPS) is 11.7. The van der Waals surface area contributed by atoms with Gasteiger partial charge >= 0.3 is 5.63 Å². The van der Waals surface area contributed by atoms with Crippen LogP contribution >= 0.6 is 27.5 Å². The van der Waals surface area contributed by atoms with Gasteiger partial charge in [-0.25, -0.2) is 4.79 Å². The molecule has 0 radical (unpaired) electrons. The standard InChI is InChI=1S/C18H10BrClO3/c19-13-6-7-17-12(8-13)9-14(18(22)23-17)16(21)10-15(20)11-4-2-1-3-5-11/h1-10H/b15-10-. The predicted molar refractivity (Wildman–Crippen MR) is 94.8 cm³/mol. The van der Waals surface area contributed by atoms with Crippen LogP contribution in [0.1, 0.15) is 15.9 Å². The first kappa shape index (κ1) is 15.7. The molecule has 1 heterocycles. The van der Waals surface area contributed by atoms with Gasteiger partial charge in [-0.1, -0.05) is 57.9 Å². The molecule has 0 saturated heterocycles. The lowest BCUT2D eigenvalue weighted by Crippen LogP contribution is -2.12. The van der Waals surface area contributed by atoms with E-state index in [1.165, 1.54) is 12.1 Å². The van der Waals surface area contributed by atoms with E-state index in [2.05, 4.69) is 15.9 Å². The summed E-state index contributed by atoms with van der Waals surface area (Å²) < 4.78 is 6.02. The molecule has 23 heavy (non-hydrogen) atoms. The molecule has 0 saturated carbocycles. The third-order valence-corrected chi connectivity index (χ3v) is 4.09. The summed E-state index contributed by atoms with van der Waals surface area (Å²) in [5.41, 5.74) is 0.395. The highest BCUT2D eigenvalue weighted by molar-refractivity contribution is 9.10. The molecule has 114 valence electrons. The molecule has 0 amide bonds. The van der Waals surface area contributed by atoms with E-state index in [0.29, 0.717) is 16.5 Å². The van der Waals surface area contributed by atoms with E-state index in [1.807, 2.05) is 18.2 Å². The van der Waals surface area contributed by atoms with E-state index >= 15 is 0 Å². The second-order valence-electron chi connectivity index (χ2n) is 4.85. The van der Waals surface area contributed by atoms with E-state index in [9.17, 15) is 9.59 Å². The van der Waals surface area contributed by atoms with Crippen LogP contribution in [0.25, 0.3) is 16.0 Å². The van der Waals surface area contributed by atoms with Crippen LogP contribution in [0.5, 0.6) is 0 Å². The molecule has 5 heteroatoms. The molecular weight excluding hydrogens is 380 g/mol. The number of rotatable bonds is 3. The van der Waals surface area contributed by atoms with Gasteiger partial charge in [-0.2, -0.15) is 0 Å². The molecule has 0 fully saturated rings. The number of fused-ring (bicyclic) bond motifs is 1. The Balaban J connectivity index is 2.04. The predicted octanol–water partition coefficient (Wildman–Crippen LogP) is 5.02. The molecule has 2 aromatic carbocycles. The maximum Gasteiger partial charge on any atom is 0.347 e. The molecule has 0 aliphatic rings. The van der Waals surface area contributed by atoms with Gasteiger partial charge in [0.2, 0.25) is 0 Å². The van der Waals surface area contributed by atoms with Crippen molar-refractivity contribution in [3.05, 3.63) is 86.7 Å². The Labute approximate surface area is 145 Å². The van der Waals surface area contributed by atoms with Gasteiger partial charge in [0.15, 0.2) is 5.78 Å². The van der Waals surface area contributed by atoms with E-state index in [1.54, 1.807) is 30.3 Å². The fraction of sp³-hybridized carbons (Fsp3) is 0. The minimum atomic E-state index is -0.682. The SMILES string of the molecule is O=C(/C=C(\Cl)c1ccccc1)c1cc2cc(Br)ccc2oc1=O. The average Bonchev–Trinajstić information content (AvgIpc) is 2.55. The molecule has 0 atom stereocenters. The maximum atomic E-state index is 12.3. The Morgan fingerprint density at radius 2 is 1.83 bits per heavy atom. The minimum absolute atomic E-state index is 0.0512. The fourth-order valence-electron chi connectivity index (χ4n) is 2.14. The number of halogens is 2. The number of allylic oxidation sites excluding steroid dienone is 1. The van der Waals surface area contributed by atoms with Crippen LogP contribution in [0, 0.1) is 0 Å². The molecule has 0 unspecified atom stereocenters. The van der Waals surface area contributed by atoms with Crippen LogP contribution in [-0.4, -0.2) is 5.78 Å². The van der Waals surface area contributed by atoms with Gasteiger partial charge in [0.25, 0.3) is 0 Å². The Bertz CT molecular complexity index is 974. The van der Waals surface area contributed by atoms with E-state index in [-0.39, 0.29) is 10.6 Å². The van der Waals surface area contributed by atoms with Gasteiger partial charge in [-0.05, 0) is 29.8 Å². The molecule has 1 aromatic heterocycles. The molecule has 3 aromatic rings. The first-order chi connectivity index (χ1) is 11.0. The van der Waals surface area contributed by atoms with Crippen molar-refractivity contribution in [1.82, 2.24) is 0 Å². The van der Waals surface area contributed by atoms with Gasteiger partial charge in [0.1, 0.15) is 11.1 Å². The van der Waals surface area contributed by atoms with E-state index in [0.717, 1.165) is 4.47 Å². The summed E-state index contributed by atoms with van der Waals surface area (Å²) in [6.45, 7) is 0. The van der Waals surface area contributed by atoms with Gasteiger partial charge in [0, 0.05) is 15.9 Å². The van der Waals surface area contributed by atoms with E-state index < -0.39 is 11.4 Å². The molecule has 0 aliphatic carbocycles. The summed E-state index contributed by atoms with van der Waals surface area (Å²) in [4.78, 5) is 24.4. The van der Waals surface area contributed by atoms with Crippen LogP contribution in [0.4, 0.5) is 0 Å². The summed E-state index contributed by atoms with van der Waals surface area (Å²) in [6.07, 6.45) is 1.23. The van der Waals surface area contributed by atoms with Crippen molar-refractivity contribution in [2.24, 2.45) is 0 Å². The first-order valence-corrected chi connectivity index (χ1v) is 7.92. The van der Waals surface area contributed by atoms with Gasteiger partial charge in [0.05, 0.1) is 5.03 Å². The highest BCUT2D eigenvalue weighted by Crippen LogP contribution is 2.21.